The fourth-order valence-electron chi connectivity index (χ4n) is 2.87. The first-order chi connectivity index (χ1) is 13.4. The first-order valence-electron chi connectivity index (χ1n) is 8.74. The molecule has 1 amide bonds. The second-order valence-electron chi connectivity index (χ2n) is 6.32. The van der Waals surface area contributed by atoms with Crippen LogP contribution in [0.5, 0.6) is 0 Å². The van der Waals surface area contributed by atoms with Crippen LogP contribution in [-0.2, 0) is 16.1 Å². The van der Waals surface area contributed by atoms with E-state index in [1.165, 1.54) is 0 Å². The molecule has 0 saturated heterocycles. The molecule has 28 heavy (non-hydrogen) atoms. The lowest BCUT2D eigenvalue weighted by molar-refractivity contribution is -0.119. The first-order valence-corrected chi connectivity index (χ1v) is 9.12. The van der Waals surface area contributed by atoms with Crippen LogP contribution in [0.3, 0.4) is 0 Å². The number of halogens is 1. The van der Waals surface area contributed by atoms with Crippen molar-refractivity contribution < 1.29 is 14.3 Å². The van der Waals surface area contributed by atoms with Crippen LogP contribution in [0, 0.1) is 13.8 Å². The van der Waals surface area contributed by atoms with Gasteiger partial charge < -0.3 is 10.1 Å². The van der Waals surface area contributed by atoms with Crippen molar-refractivity contribution in [1.82, 2.24) is 9.78 Å². The zero-order valence-corrected chi connectivity index (χ0v) is 16.4. The molecule has 0 spiro atoms. The second-order valence-corrected chi connectivity index (χ2v) is 6.76. The highest BCUT2D eigenvalue weighted by Crippen LogP contribution is 2.17. The van der Waals surface area contributed by atoms with E-state index >= 15 is 0 Å². The summed E-state index contributed by atoms with van der Waals surface area (Å²) in [4.78, 5) is 24.5. The summed E-state index contributed by atoms with van der Waals surface area (Å²) in [5.74, 6) is -1.02. The van der Waals surface area contributed by atoms with Gasteiger partial charge in [0, 0.05) is 10.7 Å². The molecule has 0 saturated carbocycles. The van der Waals surface area contributed by atoms with E-state index in [-0.39, 0.29) is 0 Å². The highest BCUT2D eigenvalue weighted by Gasteiger charge is 2.21. The normalized spacial score (nSPS) is 10.5. The highest BCUT2D eigenvalue weighted by molar-refractivity contribution is 6.30. The summed E-state index contributed by atoms with van der Waals surface area (Å²) < 4.78 is 6.94. The zero-order valence-electron chi connectivity index (χ0n) is 15.6. The summed E-state index contributed by atoms with van der Waals surface area (Å²) in [5, 5.41) is 7.57. The number of anilines is 1. The topological polar surface area (TPSA) is 73.2 Å². The molecule has 0 radical (unpaired) electrons. The van der Waals surface area contributed by atoms with Crippen molar-refractivity contribution in [2.24, 2.45) is 0 Å². The Morgan fingerprint density at radius 2 is 1.86 bits per heavy atom. The van der Waals surface area contributed by atoms with Crippen molar-refractivity contribution in [1.29, 1.82) is 0 Å². The Morgan fingerprint density at radius 3 is 2.57 bits per heavy atom. The fourth-order valence-corrected chi connectivity index (χ4v) is 3.06. The van der Waals surface area contributed by atoms with Gasteiger partial charge in [0.2, 0.25) is 0 Å². The molecule has 0 unspecified atom stereocenters. The quantitative estimate of drug-likeness (QED) is 0.638. The largest absolute Gasteiger partial charge is 0.452 e. The average molecular weight is 398 g/mol. The van der Waals surface area contributed by atoms with Gasteiger partial charge in [-0.2, -0.15) is 5.10 Å². The maximum Gasteiger partial charge on any atom is 0.342 e. The molecule has 144 valence electrons. The molecule has 0 bridgehead atoms. The number of amides is 1. The predicted octanol–water partition coefficient (Wildman–Crippen LogP) is 4.00. The Balaban J connectivity index is 1.63. The summed E-state index contributed by atoms with van der Waals surface area (Å²) in [7, 11) is 0. The Morgan fingerprint density at radius 1 is 1.11 bits per heavy atom. The SMILES string of the molecule is Cc1nn(Cc2ccccc2)c(C)c1C(=O)OCC(=O)Nc1cccc(Cl)c1. The minimum atomic E-state index is -0.574. The van der Waals surface area contributed by atoms with Crippen molar-refractivity contribution in [2.75, 3.05) is 11.9 Å². The summed E-state index contributed by atoms with van der Waals surface area (Å²) in [5.41, 5.74) is 3.26. The Labute approximate surface area is 168 Å². The van der Waals surface area contributed by atoms with Crippen LogP contribution in [0.15, 0.2) is 54.6 Å². The third-order valence-corrected chi connectivity index (χ3v) is 4.44. The van der Waals surface area contributed by atoms with Crippen molar-refractivity contribution in [3.63, 3.8) is 0 Å². The molecule has 0 aliphatic carbocycles. The standard InChI is InChI=1S/C21H20ClN3O3/c1-14-20(15(2)25(24-14)12-16-7-4-3-5-8-16)21(27)28-13-19(26)23-18-10-6-9-17(22)11-18/h3-11H,12-13H2,1-2H3,(H,23,26). The van der Waals surface area contributed by atoms with Crippen molar-refractivity contribution in [3.05, 3.63) is 82.1 Å². The number of ether oxygens (including phenoxy) is 1. The maximum absolute atomic E-state index is 12.5. The van der Waals surface area contributed by atoms with Gasteiger partial charge in [-0.25, -0.2) is 4.79 Å². The van der Waals surface area contributed by atoms with E-state index in [4.69, 9.17) is 16.3 Å². The molecule has 0 atom stereocenters. The molecule has 7 heteroatoms. The predicted molar refractivity (Wildman–Crippen MR) is 108 cm³/mol. The maximum atomic E-state index is 12.5. The molecule has 3 aromatic rings. The fraction of sp³-hybridized carbons (Fsp3) is 0.190. The molecule has 1 heterocycles. The number of rotatable bonds is 6. The van der Waals surface area contributed by atoms with Crippen LogP contribution in [0.25, 0.3) is 0 Å². The van der Waals surface area contributed by atoms with E-state index in [1.807, 2.05) is 37.3 Å². The molecule has 1 aromatic heterocycles. The van der Waals surface area contributed by atoms with Crippen LogP contribution < -0.4 is 5.32 Å². The van der Waals surface area contributed by atoms with Gasteiger partial charge in [0.05, 0.1) is 17.9 Å². The molecular formula is C21H20ClN3O3. The summed E-state index contributed by atoms with van der Waals surface area (Å²) >= 11 is 5.89. The van der Waals surface area contributed by atoms with E-state index in [9.17, 15) is 9.59 Å². The average Bonchev–Trinajstić information content (AvgIpc) is 2.94. The summed E-state index contributed by atoms with van der Waals surface area (Å²) in [6.07, 6.45) is 0. The zero-order chi connectivity index (χ0) is 20.1. The van der Waals surface area contributed by atoms with Gasteiger partial charge in [-0.15, -0.1) is 0 Å². The van der Waals surface area contributed by atoms with Crippen LogP contribution in [-0.4, -0.2) is 28.3 Å². The van der Waals surface area contributed by atoms with Crippen molar-refractivity contribution in [3.8, 4) is 0 Å². The number of carbonyl (C=O) groups excluding carboxylic acids is 2. The third-order valence-electron chi connectivity index (χ3n) is 4.20. The van der Waals surface area contributed by atoms with Crippen LogP contribution in [0.4, 0.5) is 5.69 Å². The van der Waals surface area contributed by atoms with E-state index in [0.29, 0.717) is 34.2 Å². The van der Waals surface area contributed by atoms with Crippen molar-refractivity contribution >= 4 is 29.2 Å². The number of aryl methyl sites for hydroxylation is 1. The minimum Gasteiger partial charge on any atom is -0.452 e. The smallest absolute Gasteiger partial charge is 0.342 e. The van der Waals surface area contributed by atoms with Crippen LogP contribution >= 0.6 is 11.6 Å². The molecule has 1 N–H and O–H groups in total. The van der Waals surface area contributed by atoms with E-state index in [0.717, 1.165) is 5.56 Å². The number of hydrogen-bond donors (Lipinski definition) is 1. The van der Waals surface area contributed by atoms with Gasteiger partial charge in [0.25, 0.3) is 5.91 Å². The number of aromatic nitrogens is 2. The number of carbonyl (C=O) groups is 2. The van der Waals surface area contributed by atoms with Crippen LogP contribution in [0.1, 0.15) is 27.3 Å². The number of nitrogens with one attached hydrogen (secondary N) is 1. The molecule has 0 aliphatic heterocycles. The lowest BCUT2D eigenvalue weighted by atomic mass is 10.2. The third kappa shape index (κ3) is 4.78. The Bertz CT molecular complexity index is 999. The molecular weight excluding hydrogens is 378 g/mol. The van der Waals surface area contributed by atoms with E-state index < -0.39 is 18.5 Å². The van der Waals surface area contributed by atoms with Gasteiger partial charge in [0.15, 0.2) is 6.61 Å². The van der Waals surface area contributed by atoms with Crippen molar-refractivity contribution in [2.45, 2.75) is 20.4 Å². The van der Waals surface area contributed by atoms with E-state index in [2.05, 4.69) is 10.4 Å². The molecule has 0 fully saturated rings. The van der Waals surface area contributed by atoms with Gasteiger partial charge in [-0.1, -0.05) is 48.0 Å². The highest BCUT2D eigenvalue weighted by atomic mass is 35.5. The Hall–Kier alpha value is -3.12. The number of nitrogens with zero attached hydrogens (tertiary/aromatic N) is 2. The number of esters is 1. The second kappa shape index (κ2) is 8.71. The number of hydrogen-bond acceptors (Lipinski definition) is 4. The minimum absolute atomic E-state index is 0.381. The monoisotopic (exact) mass is 397 g/mol. The van der Waals surface area contributed by atoms with Crippen LogP contribution in [0.2, 0.25) is 5.02 Å². The lowest BCUT2D eigenvalue weighted by Crippen LogP contribution is -2.21. The van der Waals surface area contributed by atoms with Gasteiger partial charge in [0.1, 0.15) is 5.56 Å². The summed E-state index contributed by atoms with van der Waals surface area (Å²) in [6.45, 7) is 3.72. The molecule has 2 aromatic carbocycles. The van der Waals surface area contributed by atoms with E-state index in [1.54, 1.807) is 35.9 Å². The molecule has 6 nitrogen and oxygen atoms in total. The Kier molecular flexibility index (Phi) is 6.11. The lowest BCUT2D eigenvalue weighted by Gasteiger charge is -2.08. The molecule has 3 rings (SSSR count). The van der Waals surface area contributed by atoms with Gasteiger partial charge in [-0.05, 0) is 37.6 Å². The van der Waals surface area contributed by atoms with Gasteiger partial charge in [-0.3, -0.25) is 9.48 Å². The number of benzene rings is 2. The molecule has 0 aliphatic rings. The van der Waals surface area contributed by atoms with Gasteiger partial charge >= 0.3 is 5.97 Å². The first kappa shape index (κ1) is 19.6. The summed E-state index contributed by atoms with van der Waals surface area (Å²) in [6, 6.07) is 16.6.